The standard InChI is InChI=1S/C14H17N3O3S/c1-10-9-19-7-6-17(10)13(18)5-4-12-15-14(16-20-12)11-3-2-8-21-11/h2-3,8,10H,4-7,9H2,1H3/t10-/m0/s1. The van der Waals surface area contributed by atoms with Gasteiger partial charge in [-0.2, -0.15) is 4.98 Å². The lowest BCUT2D eigenvalue weighted by Gasteiger charge is -2.33. The lowest BCUT2D eigenvalue weighted by Crippen LogP contribution is -2.47. The maximum atomic E-state index is 12.2. The van der Waals surface area contributed by atoms with Crippen LogP contribution in [-0.4, -0.2) is 46.7 Å². The molecule has 1 aliphatic heterocycles. The maximum absolute atomic E-state index is 12.2. The van der Waals surface area contributed by atoms with E-state index in [1.165, 1.54) is 0 Å². The molecule has 6 nitrogen and oxygen atoms in total. The Morgan fingerprint density at radius 1 is 1.57 bits per heavy atom. The van der Waals surface area contributed by atoms with Gasteiger partial charge in [-0.05, 0) is 18.4 Å². The number of carbonyl (C=O) groups excluding carboxylic acids is 1. The van der Waals surface area contributed by atoms with Crippen molar-refractivity contribution in [2.24, 2.45) is 0 Å². The number of aromatic nitrogens is 2. The molecule has 0 radical (unpaired) electrons. The Morgan fingerprint density at radius 2 is 2.48 bits per heavy atom. The van der Waals surface area contributed by atoms with Crippen LogP contribution in [0.4, 0.5) is 0 Å². The Bertz CT molecular complexity index is 596. The van der Waals surface area contributed by atoms with Gasteiger partial charge in [0.15, 0.2) is 0 Å². The predicted octanol–water partition coefficient (Wildman–Crippen LogP) is 1.98. The highest BCUT2D eigenvalue weighted by Gasteiger charge is 2.23. The van der Waals surface area contributed by atoms with E-state index in [-0.39, 0.29) is 11.9 Å². The third-order valence-corrected chi connectivity index (χ3v) is 4.32. The molecule has 0 N–H and O–H groups in total. The van der Waals surface area contributed by atoms with Crippen molar-refractivity contribution in [3.8, 4) is 10.7 Å². The zero-order chi connectivity index (χ0) is 14.7. The Balaban J connectivity index is 1.56. The van der Waals surface area contributed by atoms with Gasteiger partial charge in [0.25, 0.3) is 0 Å². The van der Waals surface area contributed by atoms with Crippen molar-refractivity contribution >= 4 is 17.2 Å². The molecule has 0 aliphatic carbocycles. The van der Waals surface area contributed by atoms with Crippen LogP contribution >= 0.6 is 11.3 Å². The van der Waals surface area contributed by atoms with Crippen LogP contribution in [0.5, 0.6) is 0 Å². The van der Waals surface area contributed by atoms with Gasteiger partial charge in [0.05, 0.1) is 24.1 Å². The molecule has 0 bridgehead atoms. The number of ether oxygens (including phenoxy) is 1. The number of rotatable bonds is 4. The van der Waals surface area contributed by atoms with E-state index in [4.69, 9.17) is 9.26 Å². The van der Waals surface area contributed by atoms with Crippen LogP contribution in [0.25, 0.3) is 10.7 Å². The zero-order valence-corrected chi connectivity index (χ0v) is 12.6. The second-order valence-electron chi connectivity index (χ2n) is 5.00. The molecule has 1 atom stereocenters. The molecule has 0 spiro atoms. The molecule has 0 unspecified atom stereocenters. The van der Waals surface area contributed by atoms with E-state index >= 15 is 0 Å². The first-order chi connectivity index (χ1) is 10.2. The van der Waals surface area contributed by atoms with Crippen LogP contribution in [0.2, 0.25) is 0 Å². The van der Waals surface area contributed by atoms with Crippen molar-refractivity contribution in [2.75, 3.05) is 19.8 Å². The SMILES string of the molecule is C[C@H]1COCCN1C(=O)CCc1nc(-c2cccs2)no1. The smallest absolute Gasteiger partial charge is 0.227 e. The largest absolute Gasteiger partial charge is 0.377 e. The number of hydrogen-bond donors (Lipinski definition) is 0. The highest BCUT2D eigenvalue weighted by molar-refractivity contribution is 7.13. The molecule has 2 aromatic heterocycles. The van der Waals surface area contributed by atoms with Gasteiger partial charge < -0.3 is 14.2 Å². The van der Waals surface area contributed by atoms with E-state index in [2.05, 4.69) is 10.1 Å². The summed E-state index contributed by atoms with van der Waals surface area (Å²) in [6.07, 6.45) is 0.859. The number of thiophene rings is 1. The third kappa shape index (κ3) is 3.30. The Hall–Kier alpha value is -1.73. The van der Waals surface area contributed by atoms with Gasteiger partial charge in [-0.25, -0.2) is 0 Å². The van der Waals surface area contributed by atoms with Crippen LogP contribution in [-0.2, 0) is 16.0 Å². The average Bonchev–Trinajstić information content (AvgIpc) is 3.16. The van der Waals surface area contributed by atoms with Crippen LogP contribution in [0, 0.1) is 0 Å². The van der Waals surface area contributed by atoms with Crippen LogP contribution < -0.4 is 0 Å². The van der Waals surface area contributed by atoms with E-state index < -0.39 is 0 Å². The van der Waals surface area contributed by atoms with Gasteiger partial charge in [-0.15, -0.1) is 11.3 Å². The van der Waals surface area contributed by atoms with Crippen LogP contribution in [0.15, 0.2) is 22.0 Å². The molecule has 1 fully saturated rings. The lowest BCUT2D eigenvalue weighted by atomic mass is 10.2. The Labute approximate surface area is 126 Å². The Kier molecular flexibility index (Phi) is 4.31. The average molecular weight is 307 g/mol. The molecular weight excluding hydrogens is 290 g/mol. The molecule has 1 saturated heterocycles. The maximum Gasteiger partial charge on any atom is 0.227 e. The number of carbonyl (C=O) groups is 1. The fourth-order valence-electron chi connectivity index (χ4n) is 2.32. The van der Waals surface area contributed by atoms with Crippen molar-refractivity contribution in [1.82, 2.24) is 15.0 Å². The van der Waals surface area contributed by atoms with E-state index in [0.717, 1.165) is 4.88 Å². The minimum absolute atomic E-state index is 0.113. The minimum Gasteiger partial charge on any atom is -0.377 e. The molecule has 112 valence electrons. The number of amides is 1. The number of aryl methyl sites for hydroxylation is 1. The molecule has 0 saturated carbocycles. The summed E-state index contributed by atoms with van der Waals surface area (Å²) >= 11 is 1.56. The highest BCUT2D eigenvalue weighted by atomic mass is 32.1. The first kappa shape index (κ1) is 14.2. The topological polar surface area (TPSA) is 68.5 Å². The minimum atomic E-state index is 0.113. The van der Waals surface area contributed by atoms with Crippen molar-refractivity contribution in [2.45, 2.75) is 25.8 Å². The predicted molar refractivity (Wildman–Crippen MR) is 77.9 cm³/mol. The molecule has 21 heavy (non-hydrogen) atoms. The van der Waals surface area contributed by atoms with E-state index in [0.29, 0.717) is 44.3 Å². The summed E-state index contributed by atoms with van der Waals surface area (Å²) in [5.74, 6) is 1.21. The quantitative estimate of drug-likeness (QED) is 0.864. The number of morpholine rings is 1. The zero-order valence-electron chi connectivity index (χ0n) is 11.8. The van der Waals surface area contributed by atoms with Gasteiger partial charge in [0.2, 0.25) is 17.6 Å². The highest BCUT2D eigenvalue weighted by Crippen LogP contribution is 2.21. The fraction of sp³-hybridized carbons (Fsp3) is 0.500. The van der Waals surface area contributed by atoms with Crippen molar-refractivity contribution in [3.63, 3.8) is 0 Å². The second kappa shape index (κ2) is 6.36. The molecule has 3 heterocycles. The molecule has 2 aromatic rings. The summed E-state index contributed by atoms with van der Waals surface area (Å²) in [5.41, 5.74) is 0. The number of nitrogens with zero attached hydrogens (tertiary/aromatic N) is 3. The normalized spacial score (nSPS) is 18.9. The molecule has 7 heteroatoms. The summed E-state index contributed by atoms with van der Waals surface area (Å²) in [7, 11) is 0. The fourth-order valence-corrected chi connectivity index (χ4v) is 2.97. The number of hydrogen-bond acceptors (Lipinski definition) is 6. The first-order valence-corrected chi connectivity index (χ1v) is 7.85. The van der Waals surface area contributed by atoms with Gasteiger partial charge in [0, 0.05) is 19.4 Å². The van der Waals surface area contributed by atoms with Crippen molar-refractivity contribution in [3.05, 3.63) is 23.4 Å². The van der Waals surface area contributed by atoms with E-state index in [1.54, 1.807) is 11.3 Å². The Morgan fingerprint density at radius 3 is 3.24 bits per heavy atom. The third-order valence-electron chi connectivity index (χ3n) is 3.45. The van der Waals surface area contributed by atoms with E-state index in [1.807, 2.05) is 29.3 Å². The molecule has 1 aliphatic rings. The molecule has 1 amide bonds. The van der Waals surface area contributed by atoms with Crippen molar-refractivity contribution in [1.29, 1.82) is 0 Å². The van der Waals surface area contributed by atoms with Gasteiger partial charge in [0.1, 0.15) is 0 Å². The molecule has 3 rings (SSSR count). The lowest BCUT2D eigenvalue weighted by molar-refractivity contribution is -0.139. The van der Waals surface area contributed by atoms with Gasteiger partial charge >= 0.3 is 0 Å². The summed E-state index contributed by atoms with van der Waals surface area (Å²) in [4.78, 5) is 19.4. The van der Waals surface area contributed by atoms with Gasteiger partial charge in [-0.3, -0.25) is 4.79 Å². The summed E-state index contributed by atoms with van der Waals surface area (Å²) in [6, 6.07) is 4.02. The summed E-state index contributed by atoms with van der Waals surface area (Å²) in [5, 5.41) is 5.91. The summed E-state index contributed by atoms with van der Waals surface area (Å²) < 4.78 is 10.5. The van der Waals surface area contributed by atoms with Crippen molar-refractivity contribution < 1.29 is 14.1 Å². The van der Waals surface area contributed by atoms with E-state index in [9.17, 15) is 4.79 Å². The first-order valence-electron chi connectivity index (χ1n) is 6.97. The van der Waals surface area contributed by atoms with Gasteiger partial charge in [-0.1, -0.05) is 11.2 Å². The monoisotopic (exact) mass is 307 g/mol. The summed E-state index contributed by atoms with van der Waals surface area (Å²) in [6.45, 7) is 3.87. The van der Waals surface area contributed by atoms with Crippen LogP contribution in [0.1, 0.15) is 19.2 Å². The molecule has 0 aromatic carbocycles. The second-order valence-corrected chi connectivity index (χ2v) is 5.95. The molecular formula is C14H17N3O3S. The van der Waals surface area contributed by atoms with Crippen LogP contribution in [0.3, 0.4) is 0 Å².